The van der Waals surface area contributed by atoms with E-state index >= 15 is 0 Å². The predicted molar refractivity (Wildman–Crippen MR) is 79.9 cm³/mol. The van der Waals surface area contributed by atoms with Crippen molar-refractivity contribution >= 4 is 11.6 Å². The summed E-state index contributed by atoms with van der Waals surface area (Å²) in [4.78, 5) is 7.70. The van der Waals surface area contributed by atoms with Crippen LogP contribution in [0.5, 0.6) is 0 Å². The van der Waals surface area contributed by atoms with E-state index in [-0.39, 0.29) is 17.3 Å². The summed E-state index contributed by atoms with van der Waals surface area (Å²) in [6, 6.07) is 11.9. The fraction of sp³-hybridized carbons (Fsp3) is 0.125. The van der Waals surface area contributed by atoms with Gasteiger partial charge in [-0.3, -0.25) is 0 Å². The van der Waals surface area contributed by atoms with Crippen LogP contribution in [0.3, 0.4) is 0 Å². The van der Waals surface area contributed by atoms with E-state index in [1.54, 1.807) is 30.3 Å². The molecule has 0 bridgehead atoms. The Morgan fingerprint density at radius 3 is 2.21 bits per heavy atom. The van der Waals surface area contributed by atoms with E-state index in [2.05, 4.69) is 21.6 Å². The number of aromatic nitrogens is 2. The summed E-state index contributed by atoms with van der Waals surface area (Å²) in [5.74, 6) is -4.67. The lowest BCUT2D eigenvalue weighted by atomic mass is 10.1. The van der Waals surface area contributed by atoms with Crippen LogP contribution in [0.25, 0.3) is 22.8 Å². The van der Waals surface area contributed by atoms with Gasteiger partial charge in [0.15, 0.2) is 11.6 Å². The highest BCUT2D eigenvalue weighted by Crippen LogP contribution is 2.45. The molecular weight excluding hydrogens is 348 g/mol. The van der Waals surface area contributed by atoms with Crippen molar-refractivity contribution in [1.82, 2.24) is 9.97 Å². The number of nitrogens with zero attached hydrogens (tertiary/aromatic N) is 2. The third kappa shape index (κ3) is 2.99. The van der Waals surface area contributed by atoms with Gasteiger partial charge >= 0.3 is 11.3 Å². The quantitative estimate of drug-likeness (QED) is 0.468. The Bertz CT molecular complexity index is 833. The molecule has 0 saturated carbocycles. The third-order valence-corrected chi connectivity index (χ3v) is 3.45. The first kappa shape index (κ1) is 16.4. The molecule has 3 rings (SSSR count). The molecule has 2 aromatic heterocycles. The SMILES string of the molecule is FC(F)(Cl)C(F)(F)c1cc(-c2ccco2)nc(-c2ccccc2)n1. The molecule has 0 atom stereocenters. The molecule has 3 aromatic rings. The number of alkyl halides is 5. The number of halogens is 5. The third-order valence-electron chi connectivity index (χ3n) is 3.21. The lowest BCUT2D eigenvalue weighted by Crippen LogP contribution is -2.33. The van der Waals surface area contributed by atoms with Gasteiger partial charge in [-0.05, 0) is 29.8 Å². The maximum Gasteiger partial charge on any atom is 0.390 e. The lowest BCUT2D eigenvalue weighted by Gasteiger charge is -2.21. The molecule has 0 aliphatic heterocycles. The summed E-state index contributed by atoms with van der Waals surface area (Å²) in [6.45, 7) is 0. The molecule has 3 nitrogen and oxygen atoms in total. The molecule has 2 heterocycles. The van der Waals surface area contributed by atoms with Crippen molar-refractivity contribution in [2.75, 3.05) is 0 Å². The van der Waals surface area contributed by atoms with E-state index in [1.807, 2.05) is 0 Å². The molecule has 8 heteroatoms. The zero-order valence-electron chi connectivity index (χ0n) is 11.9. The van der Waals surface area contributed by atoms with Crippen molar-refractivity contribution in [3.05, 3.63) is 60.5 Å². The lowest BCUT2D eigenvalue weighted by molar-refractivity contribution is -0.166. The fourth-order valence-corrected chi connectivity index (χ4v) is 2.12. The topological polar surface area (TPSA) is 38.9 Å². The number of benzene rings is 1. The van der Waals surface area contributed by atoms with E-state index in [9.17, 15) is 17.6 Å². The first-order valence-electron chi connectivity index (χ1n) is 6.72. The standard InChI is InChI=1S/C16H9ClF4N2O/c17-16(20,21)15(18,19)13-9-11(12-7-4-8-24-12)22-14(23-13)10-5-2-1-3-6-10/h1-9H. The normalized spacial score (nSPS) is 12.4. The minimum Gasteiger partial charge on any atom is -0.463 e. The van der Waals surface area contributed by atoms with E-state index < -0.39 is 17.0 Å². The van der Waals surface area contributed by atoms with Gasteiger partial charge in [-0.2, -0.15) is 17.6 Å². The van der Waals surface area contributed by atoms with Crippen molar-refractivity contribution in [3.63, 3.8) is 0 Å². The number of furan rings is 1. The van der Waals surface area contributed by atoms with Crippen LogP contribution in [0.1, 0.15) is 5.69 Å². The Morgan fingerprint density at radius 2 is 1.62 bits per heavy atom. The fourth-order valence-electron chi connectivity index (χ4n) is 2.02. The first-order valence-corrected chi connectivity index (χ1v) is 7.10. The van der Waals surface area contributed by atoms with Crippen LogP contribution in [0.15, 0.2) is 59.2 Å². The van der Waals surface area contributed by atoms with Crippen molar-refractivity contribution in [1.29, 1.82) is 0 Å². The number of rotatable bonds is 4. The van der Waals surface area contributed by atoms with Crippen LogP contribution in [0.2, 0.25) is 0 Å². The van der Waals surface area contributed by atoms with Gasteiger partial charge in [0.2, 0.25) is 0 Å². The molecule has 0 spiro atoms. The number of hydrogen-bond donors (Lipinski definition) is 0. The van der Waals surface area contributed by atoms with E-state index in [1.165, 1.54) is 18.4 Å². The monoisotopic (exact) mass is 356 g/mol. The van der Waals surface area contributed by atoms with Crippen LogP contribution in [-0.4, -0.2) is 15.3 Å². The van der Waals surface area contributed by atoms with Crippen molar-refractivity contribution < 1.29 is 22.0 Å². The average Bonchev–Trinajstić information content (AvgIpc) is 3.09. The Morgan fingerprint density at radius 1 is 0.917 bits per heavy atom. The zero-order chi connectivity index (χ0) is 17.4. The summed E-state index contributed by atoms with van der Waals surface area (Å²) in [7, 11) is 0. The van der Waals surface area contributed by atoms with Crippen molar-refractivity contribution in [2.45, 2.75) is 11.3 Å². The van der Waals surface area contributed by atoms with E-state index in [0.717, 1.165) is 6.07 Å². The summed E-state index contributed by atoms with van der Waals surface area (Å²) in [6.07, 6.45) is 1.31. The van der Waals surface area contributed by atoms with Crippen LogP contribution in [0, 0.1) is 0 Å². The van der Waals surface area contributed by atoms with Gasteiger partial charge in [0, 0.05) is 5.56 Å². The largest absolute Gasteiger partial charge is 0.463 e. The summed E-state index contributed by atoms with van der Waals surface area (Å²) in [5, 5.41) is -4.80. The van der Waals surface area contributed by atoms with Crippen molar-refractivity contribution in [3.8, 4) is 22.8 Å². The Balaban J connectivity index is 2.21. The summed E-state index contributed by atoms with van der Waals surface area (Å²) < 4.78 is 59.3. The highest BCUT2D eigenvalue weighted by Gasteiger charge is 2.57. The average molecular weight is 357 g/mol. The minimum absolute atomic E-state index is 0.0514. The molecule has 24 heavy (non-hydrogen) atoms. The predicted octanol–water partition coefficient (Wildman–Crippen LogP) is 5.33. The van der Waals surface area contributed by atoms with Gasteiger partial charge in [-0.25, -0.2) is 9.97 Å². The summed E-state index contributed by atoms with van der Waals surface area (Å²) >= 11 is 4.57. The van der Waals surface area contributed by atoms with Gasteiger partial charge in [-0.1, -0.05) is 30.3 Å². The highest BCUT2D eigenvalue weighted by atomic mass is 35.5. The zero-order valence-corrected chi connectivity index (χ0v) is 12.6. The minimum atomic E-state index is -4.80. The molecule has 0 aliphatic carbocycles. The van der Waals surface area contributed by atoms with Crippen LogP contribution < -0.4 is 0 Å². The molecular formula is C16H9ClF4N2O. The second kappa shape index (κ2) is 5.90. The van der Waals surface area contributed by atoms with Crippen LogP contribution in [0.4, 0.5) is 17.6 Å². The Labute approximate surface area is 138 Å². The van der Waals surface area contributed by atoms with Gasteiger partial charge in [0.1, 0.15) is 11.4 Å². The van der Waals surface area contributed by atoms with Gasteiger partial charge in [0.05, 0.1) is 6.26 Å². The second-order valence-corrected chi connectivity index (χ2v) is 5.35. The second-order valence-electron chi connectivity index (χ2n) is 4.88. The van der Waals surface area contributed by atoms with Crippen molar-refractivity contribution in [2.24, 2.45) is 0 Å². The van der Waals surface area contributed by atoms with E-state index in [4.69, 9.17) is 4.42 Å². The maximum absolute atomic E-state index is 14.0. The highest BCUT2D eigenvalue weighted by molar-refractivity contribution is 6.22. The van der Waals surface area contributed by atoms with E-state index in [0.29, 0.717) is 5.56 Å². The van der Waals surface area contributed by atoms with Gasteiger partial charge in [0.25, 0.3) is 0 Å². The van der Waals surface area contributed by atoms with Crippen LogP contribution in [-0.2, 0) is 5.92 Å². The molecule has 0 saturated heterocycles. The van der Waals surface area contributed by atoms with Gasteiger partial charge < -0.3 is 4.42 Å². The first-order chi connectivity index (χ1) is 11.3. The molecule has 0 amide bonds. The van der Waals surface area contributed by atoms with Gasteiger partial charge in [-0.15, -0.1) is 0 Å². The Kier molecular flexibility index (Phi) is 4.04. The molecule has 0 N–H and O–H groups in total. The number of hydrogen-bond acceptors (Lipinski definition) is 3. The maximum atomic E-state index is 14.0. The molecule has 0 fully saturated rings. The molecule has 0 radical (unpaired) electrons. The molecule has 1 aromatic carbocycles. The summed E-state index contributed by atoms with van der Waals surface area (Å²) in [5.41, 5.74) is -0.854. The molecule has 0 unspecified atom stereocenters. The molecule has 124 valence electrons. The van der Waals surface area contributed by atoms with Crippen LogP contribution >= 0.6 is 11.6 Å². The smallest absolute Gasteiger partial charge is 0.390 e. The molecule has 0 aliphatic rings. The Hall–Kier alpha value is -2.41.